The predicted molar refractivity (Wildman–Crippen MR) is 117 cm³/mol. The monoisotopic (exact) mass is 447 g/mol. The number of amides is 1. The number of halogens is 1. The van der Waals surface area contributed by atoms with Crippen LogP contribution >= 0.6 is 39.9 Å². The molecular weight excluding hydrogens is 430 g/mol. The van der Waals surface area contributed by atoms with Gasteiger partial charge in [0, 0.05) is 4.47 Å². The Kier molecular flexibility index (Phi) is 6.16. The Morgan fingerprint density at radius 2 is 1.85 bits per heavy atom. The molecule has 2 aromatic rings. The second-order valence-electron chi connectivity index (χ2n) is 5.90. The summed E-state index contributed by atoms with van der Waals surface area (Å²) in [4.78, 5) is 15.0. The van der Waals surface area contributed by atoms with Gasteiger partial charge in [-0.3, -0.25) is 9.69 Å². The third-order valence-electron chi connectivity index (χ3n) is 3.97. The number of hydrogen-bond donors (Lipinski definition) is 0. The fourth-order valence-electron chi connectivity index (χ4n) is 2.39. The normalized spacial score (nSPS) is 17.0. The van der Waals surface area contributed by atoms with Gasteiger partial charge in [0.1, 0.15) is 5.75 Å². The number of ether oxygens (including phenoxy) is 1. The number of anilines is 1. The molecule has 134 valence electrons. The van der Waals surface area contributed by atoms with Gasteiger partial charge in [-0.15, -0.1) is 0 Å². The number of carbonyl (C=O) groups excluding carboxylic acids is 1. The lowest BCUT2D eigenvalue weighted by Gasteiger charge is -2.14. The number of benzene rings is 2. The molecule has 1 aliphatic heterocycles. The van der Waals surface area contributed by atoms with Gasteiger partial charge in [0.05, 0.1) is 16.7 Å². The summed E-state index contributed by atoms with van der Waals surface area (Å²) in [5, 5.41) is 0. The van der Waals surface area contributed by atoms with Crippen molar-refractivity contribution in [2.75, 3.05) is 4.90 Å². The van der Waals surface area contributed by atoms with Crippen molar-refractivity contribution >= 4 is 61.9 Å². The van der Waals surface area contributed by atoms with Gasteiger partial charge >= 0.3 is 0 Å². The average Bonchev–Trinajstić information content (AvgIpc) is 2.91. The highest BCUT2D eigenvalue weighted by Crippen LogP contribution is 2.36. The number of hydrogen-bond acceptors (Lipinski definition) is 4. The maximum Gasteiger partial charge on any atom is 0.270 e. The third kappa shape index (κ3) is 4.37. The molecule has 0 radical (unpaired) electrons. The van der Waals surface area contributed by atoms with Crippen LogP contribution in [0.2, 0.25) is 0 Å². The van der Waals surface area contributed by atoms with Crippen LogP contribution in [0.25, 0.3) is 6.08 Å². The summed E-state index contributed by atoms with van der Waals surface area (Å²) in [6, 6.07) is 15.3. The third-order valence-corrected chi connectivity index (χ3v) is 5.80. The molecule has 6 heteroatoms. The fourth-order valence-corrected chi connectivity index (χ4v) is 3.95. The predicted octanol–water partition coefficient (Wildman–Crippen LogP) is 6.03. The first kappa shape index (κ1) is 19.1. The van der Waals surface area contributed by atoms with Crippen LogP contribution in [0.3, 0.4) is 0 Å². The molecule has 3 rings (SSSR count). The number of nitrogens with zero attached hydrogens (tertiary/aromatic N) is 1. The molecule has 1 unspecified atom stereocenters. The van der Waals surface area contributed by atoms with Crippen LogP contribution in [0.5, 0.6) is 5.75 Å². The van der Waals surface area contributed by atoms with Crippen molar-refractivity contribution < 1.29 is 9.53 Å². The highest BCUT2D eigenvalue weighted by molar-refractivity contribution is 9.10. The second kappa shape index (κ2) is 8.37. The van der Waals surface area contributed by atoms with Crippen molar-refractivity contribution in [3.63, 3.8) is 0 Å². The maximum absolute atomic E-state index is 12.8. The first-order valence-corrected chi connectivity index (χ1v) is 10.3. The van der Waals surface area contributed by atoms with Crippen molar-refractivity contribution in [1.29, 1.82) is 0 Å². The zero-order valence-corrected chi connectivity index (χ0v) is 17.7. The molecule has 1 aliphatic rings. The maximum atomic E-state index is 12.8. The molecule has 3 nitrogen and oxygen atoms in total. The number of carbonyl (C=O) groups is 1. The van der Waals surface area contributed by atoms with E-state index in [-0.39, 0.29) is 12.0 Å². The molecule has 1 amide bonds. The summed E-state index contributed by atoms with van der Waals surface area (Å²) in [5.41, 5.74) is 1.72. The van der Waals surface area contributed by atoms with E-state index < -0.39 is 0 Å². The minimum Gasteiger partial charge on any atom is -0.491 e. The summed E-state index contributed by atoms with van der Waals surface area (Å²) in [6.45, 7) is 4.13. The molecule has 26 heavy (non-hydrogen) atoms. The molecule has 1 fully saturated rings. The van der Waals surface area contributed by atoms with Crippen LogP contribution in [0.15, 0.2) is 57.9 Å². The van der Waals surface area contributed by atoms with Gasteiger partial charge in [-0.05, 0) is 61.4 Å². The van der Waals surface area contributed by atoms with Gasteiger partial charge in [-0.1, -0.05) is 59.0 Å². The first-order valence-electron chi connectivity index (χ1n) is 8.28. The molecule has 0 N–H and O–H groups in total. The Hall–Kier alpha value is -1.63. The Labute approximate surface area is 171 Å². The van der Waals surface area contributed by atoms with Crippen molar-refractivity contribution in [1.82, 2.24) is 0 Å². The van der Waals surface area contributed by atoms with E-state index in [1.54, 1.807) is 4.90 Å². The number of rotatable bonds is 5. The molecule has 1 atom stereocenters. The lowest BCUT2D eigenvalue weighted by atomic mass is 10.2. The Balaban J connectivity index is 1.78. The Bertz CT molecular complexity index is 847. The van der Waals surface area contributed by atoms with Crippen LogP contribution in [-0.4, -0.2) is 16.3 Å². The summed E-state index contributed by atoms with van der Waals surface area (Å²) in [5.74, 6) is 0.737. The molecule has 1 saturated heterocycles. The Morgan fingerprint density at radius 1 is 1.19 bits per heavy atom. The molecule has 1 heterocycles. The van der Waals surface area contributed by atoms with Gasteiger partial charge in [0.25, 0.3) is 5.91 Å². The van der Waals surface area contributed by atoms with E-state index in [1.807, 2.05) is 61.5 Å². The standard InChI is InChI=1S/C20H18BrNO2S2/c1-3-13(2)24-17-10-4-14(5-11-17)12-18-19(23)22(20(25)26-18)16-8-6-15(21)7-9-16/h4-13H,3H2,1-2H3. The first-order chi connectivity index (χ1) is 12.5. The van der Waals surface area contributed by atoms with E-state index in [0.29, 0.717) is 9.23 Å². The van der Waals surface area contributed by atoms with Crippen LogP contribution in [0, 0.1) is 0 Å². The zero-order valence-electron chi connectivity index (χ0n) is 14.4. The van der Waals surface area contributed by atoms with Crippen molar-refractivity contribution in [3.05, 3.63) is 63.5 Å². The summed E-state index contributed by atoms with van der Waals surface area (Å²) in [6.07, 6.45) is 3.01. The van der Waals surface area contributed by atoms with Gasteiger partial charge in [0.15, 0.2) is 4.32 Å². The number of thiocarbonyl (C=S) groups is 1. The summed E-state index contributed by atoms with van der Waals surface area (Å²) >= 11 is 10.1. The van der Waals surface area contributed by atoms with Gasteiger partial charge in [0.2, 0.25) is 0 Å². The highest BCUT2D eigenvalue weighted by atomic mass is 79.9. The second-order valence-corrected chi connectivity index (χ2v) is 8.49. The Morgan fingerprint density at radius 3 is 2.46 bits per heavy atom. The molecule has 0 spiro atoms. The smallest absolute Gasteiger partial charge is 0.270 e. The van der Waals surface area contributed by atoms with Gasteiger partial charge < -0.3 is 4.74 Å². The van der Waals surface area contributed by atoms with Crippen LogP contribution in [-0.2, 0) is 4.79 Å². The van der Waals surface area contributed by atoms with Crippen molar-refractivity contribution in [2.24, 2.45) is 0 Å². The van der Waals surface area contributed by atoms with Gasteiger partial charge in [-0.25, -0.2) is 0 Å². The number of thioether (sulfide) groups is 1. The van der Waals surface area contributed by atoms with E-state index in [9.17, 15) is 4.79 Å². The van der Waals surface area contributed by atoms with E-state index >= 15 is 0 Å². The quantitative estimate of drug-likeness (QED) is 0.413. The van der Waals surface area contributed by atoms with Crippen molar-refractivity contribution in [2.45, 2.75) is 26.4 Å². The lowest BCUT2D eigenvalue weighted by Crippen LogP contribution is -2.27. The van der Waals surface area contributed by atoms with Crippen LogP contribution in [0.1, 0.15) is 25.8 Å². The molecule has 2 aromatic carbocycles. The molecular formula is C20H18BrNO2S2. The minimum absolute atomic E-state index is 0.0951. The topological polar surface area (TPSA) is 29.5 Å². The van der Waals surface area contributed by atoms with E-state index in [4.69, 9.17) is 17.0 Å². The molecule has 0 aliphatic carbocycles. The van der Waals surface area contributed by atoms with E-state index in [0.717, 1.165) is 27.9 Å². The van der Waals surface area contributed by atoms with E-state index in [2.05, 4.69) is 22.9 Å². The molecule has 0 bridgehead atoms. The van der Waals surface area contributed by atoms with Gasteiger partial charge in [-0.2, -0.15) is 0 Å². The van der Waals surface area contributed by atoms with Crippen LogP contribution < -0.4 is 9.64 Å². The minimum atomic E-state index is -0.0951. The van der Waals surface area contributed by atoms with Crippen LogP contribution in [0.4, 0.5) is 5.69 Å². The summed E-state index contributed by atoms with van der Waals surface area (Å²) < 4.78 is 7.29. The summed E-state index contributed by atoms with van der Waals surface area (Å²) in [7, 11) is 0. The fraction of sp³-hybridized carbons (Fsp3) is 0.200. The SMILES string of the molecule is CCC(C)Oc1ccc(C=C2SC(=S)N(c3ccc(Br)cc3)C2=O)cc1. The highest BCUT2D eigenvalue weighted by Gasteiger charge is 2.33. The molecule has 0 saturated carbocycles. The lowest BCUT2D eigenvalue weighted by molar-refractivity contribution is -0.113. The largest absolute Gasteiger partial charge is 0.491 e. The average molecular weight is 448 g/mol. The van der Waals surface area contributed by atoms with E-state index in [1.165, 1.54) is 11.8 Å². The van der Waals surface area contributed by atoms with Crippen molar-refractivity contribution in [3.8, 4) is 5.75 Å². The molecule has 0 aromatic heterocycles. The zero-order chi connectivity index (χ0) is 18.7.